The first-order valence-corrected chi connectivity index (χ1v) is 10.7. The number of carbonyl (C=O) groups excluding carboxylic acids is 3. The van der Waals surface area contributed by atoms with E-state index in [1.165, 1.54) is 0 Å². The Morgan fingerprint density at radius 3 is 2.40 bits per heavy atom. The lowest BCUT2D eigenvalue weighted by Gasteiger charge is -2.39. The molecule has 0 radical (unpaired) electrons. The summed E-state index contributed by atoms with van der Waals surface area (Å²) >= 11 is 0. The minimum absolute atomic E-state index is 0.0202. The van der Waals surface area contributed by atoms with Crippen molar-refractivity contribution >= 4 is 23.4 Å². The van der Waals surface area contributed by atoms with Crippen LogP contribution in [0.15, 0.2) is 18.2 Å². The molecular weight excluding hydrogens is 380 g/mol. The average molecular weight is 406 g/mol. The van der Waals surface area contributed by atoms with Crippen molar-refractivity contribution in [3.63, 3.8) is 0 Å². The molecule has 3 amide bonds. The van der Waals surface area contributed by atoms with Gasteiger partial charge in [0.15, 0.2) is 0 Å². The van der Waals surface area contributed by atoms with Crippen LogP contribution in [0.2, 0.25) is 0 Å². The predicted molar refractivity (Wildman–Crippen MR) is 110 cm³/mol. The summed E-state index contributed by atoms with van der Waals surface area (Å²) in [6.45, 7) is 4.93. The van der Waals surface area contributed by atoms with Gasteiger partial charge in [0.2, 0.25) is 11.8 Å². The summed E-state index contributed by atoms with van der Waals surface area (Å²) in [4.78, 5) is 44.0. The molecule has 1 aromatic rings. The number of piperazine rings is 1. The van der Waals surface area contributed by atoms with E-state index in [0.29, 0.717) is 31.5 Å². The van der Waals surface area contributed by atoms with Gasteiger partial charge < -0.3 is 14.7 Å². The molecule has 0 N–H and O–H groups in total. The highest BCUT2D eigenvalue weighted by atomic mass is 16.2. The molecule has 5 rings (SSSR count). The molecule has 0 aromatic heterocycles. The largest absolute Gasteiger partial charge is 0.336 e. The van der Waals surface area contributed by atoms with Crippen LogP contribution in [0.5, 0.6) is 0 Å². The fraction of sp³-hybridized carbons (Fsp3) is 0.565. The fourth-order valence-electron chi connectivity index (χ4n) is 5.62. The maximum atomic E-state index is 13.3. The van der Waals surface area contributed by atoms with Crippen molar-refractivity contribution in [1.29, 1.82) is 5.26 Å². The van der Waals surface area contributed by atoms with Crippen molar-refractivity contribution in [2.45, 2.75) is 50.6 Å². The number of amides is 3. The smallest absolute Gasteiger partial charge is 0.254 e. The number of benzene rings is 1. The topological polar surface area (TPSA) is 84.7 Å². The van der Waals surface area contributed by atoms with E-state index in [9.17, 15) is 14.4 Å². The van der Waals surface area contributed by atoms with E-state index in [1.807, 2.05) is 35.8 Å². The van der Waals surface area contributed by atoms with Crippen LogP contribution in [0.3, 0.4) is 0 Å². The first kappa shape index (κ1) is 19.1. The number of anilines is 1. The van der Waals surface area contributed by atoms with Crippen molar-refractivity contribution in [1.82, 2.24) is 9.80 Å². The lowest BCUT2D eigenvalue weighted by atomic mass is 9.75. The zero-order chi connectivity index (χ0) is 21.4. The standard InChI is InChI=1S/C23H26N4O3/c1-23(2)18-8-14(4-5-19(18)25(3)22(23)30)20(28)26-11-17-9-16(26)12-27(17)21(29)15-6-13(7-15)10-24/h4-5,8,13,15-17H,6-7,9,11-12H2,1-3H3/t13?,15?,16-,17-/m0/s1. The highest BCUT2D eigenvalue weighted by Crippen LogP contribution is 2.42. The zero-order valence-electron chi connectivity index (χ0n) is 17.6. The quantitative estimate of drug-likeness (QED) is 0.751. The Hall–Kier alpha value is -2.88. The third-order valence-electron chi connectivity index (χ3n) is 7.57. The Morgan fingerprint density at radius 2 is 1.77 bits per heavy atom. The molecule has 2 bridgehead atoms. The second-order valence-corrected chi connectivity index (χ2v) is 9.71. The number of rotatable bonds is 2. The lowest BCUT2D eigenvalue weighted by molar-refractivity contribution is -0.141. The highest BCUT2D eigenvalue weighted by Gasteiger charge is 2.50. The van der Waals surface area contributed by atoms with Gasteiger partial charge in [-0.2, -0.15) is 5.26 Å². The van der Waals surface area contributed by atoms with E-state index in [4.69, 9.17) is 5.26 Å². The minimum Gasteiger partial charge on any atom is -0.336 e. The SMILES string of the molecule is CN1C(=O)C(C)(C)c2cc(C(=O)N3C[C@@H]4C[C@H]3CN4C(=O)C3CC(C#N)C3)ccc21. The lowest BCUT2D eigenvalue weighted by Crippen LogP contribution is -2.53. The maximum Gasteiger partial charge on any atom is 0.254 e. The number of hydrogen-bond donors (Lipinski definition) is 0. The van der Waals surface area contributed by atoms with Crippen LogP contribution < -0.4 is 4.90 Å². The van der Waals surface area contributed by atoms with Crippen LogP contribution >= 0.6 is 0 Å². The first-order chi connectivity index (χ1) is 14.2. The summed E-state index contributed by atoms with van der Waals surface area (Å²) in [5, 5.41) is 8.94. The second-order valence-electron chi connectivity index (χ2n) is 9.71. The summed E-state index contributed by atoms with van der Waals surface area (Å²) < 4.78 is 0. The van der Waals surface area contributed by atoms with Gasteiger partial charge in [-0.15, -0.1) is 0 Å². The minimum atomic E-state index is -0.641. The normalized spacial score (nSPS) is 30.9. The van der Waals surface area contributed by atoms with Gasteiger partial charge in [-0.3, -0.25) is 14.4 Å². The third-order valence-corrected chi connectivity index (χ3v) is 7.57. The summed E-state index contributed by atoms with van der Waals surface area (Å²) in [5.74, 6) is 0.162. The van der Waals surface area contributed by atoms with Gasteiger partial charge in [-0.25, -0.2) is 0 Å². The molecule has 3 aliphatic heterocycles. The van der Waals surface area contributed by atoms with E-state index < -0.39 is 5.41 Å². The highest BCUT2D eigenvalue weighted by molar-refractivity contribution is 6.08. The van der Waals surface area contributed by atoms with E-state index in [2.05, 4.69) is 6.07 Å². The van der Waals surface area contributed by atoms with Crippen molar-refractivity contribution < 1.29 is 14.4 Å². The van der Waals surface area contributed by atoms with Crippen molar-refractivity contribution in [3.05, 3.63) is 29.3 Å². The molecule has 7 heteroatoms. The number of nitrogens with zero attached hydrogens (tertiary/aromatic N) is 4. The molecule has 4 aliphatic rings. The molecule has 1 aromatic carbocycles. The molecule has 30 heavy (non-hydrogen) atoms. The molecule has 2 saturated heterocycles. The molecule has 3 fully saturated rings. The summed E-state index contributed by atoms with van der Waals surface area (Å²) in [6.07, 6.45) is 2.16. The van der Waals surface area contributed by atoms with Crippen LogP contribution in [-0.2, 0) is 15.0 Å². The van der Waals surface area contributed by atoms with Crippen LogP contribution in [0.1, 0.15) is 49.0 Å². The fourth-order valence-corrected chi connectivity index (χ4v) is 5.62. The van der Waals surface area contributed by atoms with Crippen molar-refractivity contribution in [2.24, 2.45) is 11.8 Å². The second kappa shape index (κ2) is 6.31. The zero-order valence-corrected chi connectivity index (χ0v) is 17.6. The molecular formula is C23H26N4O3. The Kier molecular flexibility index (Phi) is 4.02. The summed E-state index contributed by atoms with van der Waals surface area (Å²) in [5.41, 5.74) is 1.71. The Labute approximate surface area is 176 Å². The number of likely N-dealkylation sites (tertiary alicyclic amines) is 2. The van der Waals surface area contributed by atoms with Gasteiger partial charge in [0.05, 0.1) is 23.6 Å². The van der Waals surface area contributed by atoms with Crippen molar-refractivity contribution in [3.8, 4) is 6.07 Å². The molecule has 156 valence electrons. The van der Waals surface area contributed by atoms with Gasteiger partial charge in [0, 0.05) is 43.2 Å². The Bertz CT molecular complexity index is 1000. The number of carbonyl (C=O) groups is 3. The average Bonchev–Trinajstić information content (AvgIpc) is 3.35. The Morgan fingerprint density at radius 1 is 1.10 bits per heavy atom. The van der Waals surface area contributed by atoms with E-state index in [0.717, 1.165) is 17.7 Å². The van der Waals surface area contributed by atoms with Gasteiger partial charge in [0.25, 0.3) is 5.91 Å². The van der Waals surface area contributed by atoms with Crippen LogP contribution in [0, 0.1) is 23.2 Å². The molecule has 0 unspecified atom stereocenters. The third kappa shape index (κ3) is 2.52. The van der Waals surface area contributed by atoms with Gasteiger partial charge in [-0.05, 0) is 56.9 Å². The van der Waals surface area contributed by atoms with Gasteiger partial charge in [-0.1, -0.05) is 0 Å². The van der Waals surface area contributed by atoms with Gasteiger partial charge >= 0.3 is 0 Å². The number of hydrogen-bond acceptors (Lipinski definition) is 4. The number of nitriles is 1. The molecule has 1 saturated carbocycles. The van der Waals surface area contributed by atoms with Crippen molar-refractivity contribution in [2.75, 3.05) is 25.0 Å². The molecule has 7 nitrogen and oxygen atoms in total. The molecule has 2 atom stereocenters. The monoisotopic (exact) mass is 406 g/mol. The Balaban J connectivity index is 1.30. The molecule has 1 aliphatic carbocycles. The van der Waals surface area contributed by atoms with Crippen LogP contribution in [0.25, 0.3) is 0 Å². The van der Waals surface area contributed by atoms with E-state index in [1.54, 1.807) is 18.0 Å². The van der Waals surface area contributed by atoms with Crippen LogP contribution in [-0.4, -0.2) is 59.7 Å². The summed E-state index contributed by atoms with van der Waals surface area (Å²) in [6, 6.07) is 7.88. The van der Waals surface area contributed by atoms with Gasteiger partial charge in [0.1, 0.15) is 0 Å². The molecule has 0 spiro atoms. The van der Waals surface area contributed by atoms with E-state index in [-0.39, 0.29) is 41.6 Å². The molecule has 3 heterocycles. The van der Waals surface area contributed by atoms with E-state index >= 15 is 0 Å². The summed E-state index contributed by atoms with van der Waals surface area (Å²) in [7, 11) is 1.77. The predicted octanol–water partition coefficient (Wildman–Crippen LogP) is 1.92. The first-order valence-electron chi connectivity index (χ1n) is 10.7. The maximum absolute atomic E-state index is 13.3. The van der Waals surface area contributed by atoms with Crippen LogP contribution in [0.4, 0.5) is 5.69 Å². The number of fused-ring (bicyclic) bond motifs is 3. The number of likely N-dealkylation sites (N-methyl/N-ethyl adjacent to an activating group) is 1.